The van der Waals surface area contributed by atoms with Crippen molar-refractivity contribution in [2.45, 2.75) is 43.9 Å². The van der Waals surface area contributed by atoms with Crippen molar-refractivity contribution in [3.8, 4) is 55.6 Å². The van der Waals surface area contributed by atoms with Gasteiger partial charge in [0.05, 0.1) is 16.4 Å². The Morgan fingerprint density at radius 1 is 0.253 bits per heavy atom. The van der Waals surface area contributed by atoms with E-state index < -0.39 is 5.41 Å². The number of hydrogen-bond acceptors (Lipinski definition) is 0. The van der Waals surface area contributed by atoms with Gasteiger partial charge >= 0.3 is 0 Å². The largest absolute Gasteiger partial charge is 0.343 e. The zero-order valence-electron chi connectivity index (χ0n) is 45.3. The predicted molar refractivity (Wildman–Crippen MR) is 333 cm³/mol. The Morgan fingerprint density at radius 3 is 1.00 bits per heavy atom. The van der Waals surface area contributed by atoms with E-state index in [1.54, 1.807) is 0 Å². The average Bonchev–Trinajstić information content (AvgIpc) is 2.48. The van der Waals surface area contributed by atoms with Crippen LogP contribution in [0.2, 0.25) is 0 Å². The van der Waals surface area contributed by atoms with Gasteiger partial charge in [-0.1, -0.05) is 210 Å². The normalized spacial score (nSPS) is 15.0. The number of benzene rings is 12. The predicted octanol–water partition coefficient (Wildman–Crippen LogP) is 19.6. The number of fused-ring (bicyclic) bond motifs is 19. The van der Waals surface area contributed by atoms with E-state index in [4.69, 9.17) is 0 Å². The highest BCUT2D eigenvalue weighted by Crippen LogP contribution is 2.64. The molecular formula is C77H56N2. The molecule has 0 N–H and O–H groups in total. The Hall–Kier alpha value is -9.24. The van der Waals surface area contributed by atoms with E-state index in [2.05, 4.69) is 281 Å². The van der Waals surface area contributed by atoms with Crippen LogP contribution in [0.15, 0.2) is 231 Å². The third-order valence-electron chi connectivity index (χ3n) is 19.6. The summed E-state index contributed by atoms with van der Waals surface area (Å²) in [4.78, 5) is 0. The first-order valence-corrected chi connectivity index (χ1v) is 28.1. The summed E-state index contributed by atoms with van der Waals surface area (Å²) in [5.41, 5.74) is 27.8. The van der Waals surface area contributed by atoms with Crippen LogP contribution in [0.25, 0.3) is 121 Å². The van der Waals surface area contributed by atoms with Crippen molar-refractivity contribution in [2.24, 2.45) is 14.1 Å². The maximum atomic E-state index is 2.65. The maximum absolute atomic E-state index is 2.65. The van der Waals surface area contributed by atoms with E-state index in [0.29, 0.717) is 0 Å². The molecule has 0 unspecified atom stereocenters. The van der Waals surface area contributed by atoms with Crippen LogP contribution in [0.4, 0.5) is 0 Å². The van der Waals surface area contributed by atoms with Crippen LogP contribution < -0.4 is 0 Å². The standard InChI is InChI=1S/C77H56N2/c1-75(2)63-41-59-60-42-64-62(72-52-32-16-14-28-48(52)58(40-68(72)76(64,3)4)56-36-22-34-54-50-30-18-20-38-70(50)79(6)74(54)56)44-66(60)77(45-23-9-7-10-24-45,46-25-11-8-12-26-46)65(59)43-61(63)71-51-31-15-13-27-47(51)57(39-67(71)75)55-35-21-33-53-49-29-17-19-37-69(49)78(5)73(53)55/h7-44H,1-6H3. The average molecular weight is 1010 g/mol. The lowest BCUT2D eigenvalue weighted by Gasteiger charge is -2.34. The molecule has 17 rings (SSSR count). The molecule has 0 atom stereocenters. The van der Waals surface area contributed by atoms with Crippen LogP contribution in [0.5, 0.6) is 0 Å². The highest BCUT2D eigenvalue weighted by Gasteiger charge is 2.51. The van der Waals surface area contributed by atoms with Crippen molar-refractivity contribution in [3.63, 3.8) is 0 Å². The molecule has 374 valence electrons. The van der Waals surface area contributed by atoms with E-state index in [-0.39, 0.29) is 10.8 Å². The van der Waals surface area contributed by atoms with Gasteiger partial charge in [-0.25, -0.2) is 0 Å². The molecule has 0 spiro atoms. The summed E-state index contributed by atoms with van der Waals surface area (Å²) in [6, 6.07) is 88.4. The summed E-state index contributed by atoms with van der Waals surface area (Å²) in [6.07, 6.45) is 0. The van der Waals surface area contributed by atoms with Gasteiger partial charge in [-0.05, 0) is 159 Å². The molecule has 12 aromatic carbocycles. The van der Waals surface area contributed by atoms with E-state index in [1.807, 2.05) is 0 Å². The first-order chi connectivity index (χ1) is 38.6. The molecule has 0 radical (unpaired) electrons. The third-order valence-corrected chi connectivity index (χ3v) is 19.6. The molecule has 0 fully saturated rings. The van der Waals surface area contributed by atoms with Crippen LogP contribution in [-0.2, 0) is 30.3 Å². The van der Waals surface area contributed by atoms with Crippen LogP contribution in [-0.4, -0.2) is 9.13 Å². The minimum absolute atomic E-state index is 0.301. The molecule has 3 aliphatic carbocycles. The van der Waals surface area contributed by atoms with Crippen molar-refractivity contribution in [3.05, 3.63) is 275 Å². The summed E-state index contributed by atoms with van der Waals surface area (Å²) in [5.74, 6) is 0. The van der Waals surface area contributed by atoms with Gasteiger partial charge in [0.25, 0.3) is 0 Å². The molecular weight excluding hydrogens is 953 g/mol. The van der Waals surface area contributed by atoms with E-state index >= 15 is 0 Å². The van der Waals surface area contributed by atoms with Crippen LogP contribution >= 0.6 is 0 Å². The highest BCUT2D eigenvalue weighted by molar-refractivity contribution is 6.19. The molecule has 0 amide bonds. The van der Waals surface area contributed by atoms with Crippen molar-refractivity contribution in [1.82, 2.24) is 9.13 Å². The molecule has 2 heterocycles. The first kappa shape index (κ1) is 44.8. The molecule has 0 aliphatic heterocycles. The molecule has 0 bridgehead atoms. The summed E-state index contributed by atoms with van der Waals surface area (Å²) in [5, 5.41) is 10.3. The van der Waals surface area contributed by atoms with Gasteiger partial charge < -0.3 is 9.13 Å². The third kappa shape index (κ3) is 5.56. The summed E-state index contributed by atoms with van der Waals surface area (Å²) < 4.78 is 4.81. The first-order valence-electron chi connectivity index (χ1n) is 28.1. The molecule has 0 saturated carbocycles. The van der Waals surface area contributed by atoms with Gasteiger partial charge in [0.1, 0.15) is 0 Å². The fourth-order valence-corrected chi connectivity index (χ4v) is 16.0. The Balaban J connectivity index is 0.934. The molecule has 0 saturated heterocycles. The smallest absolute Gasteiger partial charge is 0.0714 e. The zero-order chi connectivity index (χ0) is 52.8. The molecule has 3 aliphatic rings. The topological polar surface area (TPSA) is 9.86 Å². The number of hydrogen-bond donors (Lipinski definition) is 0. The van der Waals surface area contributed by atoms with Crippen molar-refractivity contribution in [2.75, 3.05) is 0 Å². The van der Waals surface area contributed by atoms with Crippen molar-refractivity contribution in [1.29, 1.82) is 0 Å². The Morgan fingerprint density at radius 2 is 0.582 bits per heavy atom. The van der Waals surface area contributed by atoms with Crippen LogP contribution in [0, 0.1) is 0 Å². The second kappa shape index (κ2) is 15.5. The number of rotatable bonds is 4. The van der Waals surface area contributed by atoms with Gasteiger partial charge in [0, 0.05) is 68.6 Å². The minimum Gasteiger partial charge on any atom is -0.343 e. The number of aromatic nitrogens is 2. The number of aryl methyl sites for hydroxylation is 2. The Kier molecular flexibility index (Phi) is 8.79. The van der Waals surface area contributed by atoms with E-state index in [1.165, 1.54) is 165 Å². The Bertz CT molecular complexity index is 4700. The number of nitrogens with zero attached hydrogens (tertiary/aromatic N) is 2. The molecule has 2 nitrogen and oxygen atoms in total. The molecule has 14 aromatic rings. The second-order valence-corrected chi connectivity index (χ2v) is 24.0. The SMILES string of the molecule is Cn1c2ccccc2c2cccc(-c3cc4c(c5ccccc35)-c3cc5c(cc3C4(C)C)-c3cc4c(cc3C5(c3ccccc3)c3ccccc3)-c3c(cc(-c5cccc6c7ccccc7n(C)c56)c5ccccc35)C4(C)C)c21. The molecule has 2 heteroatoms. The van der Waals surface area contributed by atoms with Gasteiger partial charge in [-0.3, -0.25) is 0 Å². The van der Waals surface area contributed by atoms with Gasteiger partial charge in [0.15, 0.2) is 0 Å². The van der Waals surface area contributed by atoms with E-state index in [9.17, 15) is 0 Å². The van der Waals surface area contributed by atoms with Crippen LogP contribution in [0.1, 0.15) is 72.2 Å². The lowest BCUT2D eigenvalue weighted by Crippen LogP contribution is -2.29. The second-order valence-electron chi connectivity index (χ2n) is 24.0. The summed E-state index contributed by atoms with van der Waals surface area (Å²) in [7, 11) is 4.47. The zero-order valence-corrected chi connectivity index (χ0v) is 45.3. The van der Waals surface area contributed by atoms with Crippen molar-refractivity contribution < 1.29 is 0 Å². The quantitative estimate of drug-likeness (QED) is 0.166. The molecule has 2 aromatic heterocycles. The minimum atomic E-state index is -0.614. The number of para-hydroxylation sites is 4. The molecule has 79 heavy (non-hydrogen) atoms. The maximum Gasteiger partial charge on any atom is 0.0714 e. The van der Waals surface area contributed by atoms with Gasteiger partial charge in [0.2, 0.25) is 0 Å². The lowest BCUT2D eigenvalue weighted by molar-refractivity contribution is 0.660. The summed E-state index contributed by atoms with van der Waals surface area (Å²) >= 11 is 0. The fourth-order valence-electron chi connectivity index (χ4n) is 16.0. The monoisotopic (exact) mass is 1010 g/mol. The fraction of sp³-hybridized carbons (Fsp3) is 0.117. The lowest BCUT2D eigenvalue weighted by atomic mass is 9.67. The van der Waals surface area contributed by atoms with Gasteiger partial charge in [-0.15, -0.1) is 0 Å². The van der Waals surface area contributed by atoms with Gasteiger partial charge in [-0.2, -0.15) is 0 Å². The summed E-state index contributed by atoms with van der Waals surface area (Å²) in [6.45, 7) is 9.89. The van der Waals surface area contributed by atoms with Crippen molar-refractivity contribution >= 4 is 65.2 Å². The highest BCUT2D eigenvalue weighted by atomic mass is 14.9. The van der Waals surface area contributed by atoms with E-state index in [0.717, 1.165) is 0 Å². The van der Waals surface area contributed by atoms with Crippen LogP contribution in [0.3, 0.4) is 0 Å². The Labute approximate surface area is 460 Å².